The van der Waals surface area contributed by atoms with Gasteiger partial charge in [0, 0.05) is 11.0 Å². The van der Waals surface area contributed by atoms with Crippen LogP contribution in [0.5, 0.6) is 0 Å². The third-order valence-electron chi connectivity index (χ3n) is 2.62. The standard InChI is InChI=1S/C14H12BrCl2N3O/c1-2-18-11-5-3-4-10(19-11)14(21)20-9-7-6-8(15)12(16)13(9)17/h3-7H,2H2,1H3,(H,18,19)(H,20,21). The highest BCUT2D eigenvalue weighted by molar-refractivity contribution is 9.10. The molecule has 1 amide bonds. The van der Waals surface area contributed by atoms with Crippen LogP contribution in [0, 0.1) is 0 Å². The zero-order valence-electron chi connectivity index (χ0n) is 11.1. The number of halogens is 3. The lowest BCUT2D eigenvalue weighted by atomic mass is 10.3. The minimum absolute atomic E-state index is 0.280. The number of anilines is 2. The lowest BCUT2D eigenvalue weighted by Gasteiger charge is -2.10. The number of rotatable bonds is 4. The molecule has 2 N–H and O–H groups in total. The Kier molecular flexibility index (Phi) is 5.45. The highest BCUT2D eigenvalue weighted by Gasteiger charge is 2.13. The van der Waals surface area contributed by atoms with Crippen LogP contribution in [0.15, 0.2) is 34.8 Å². The van der Waals surface area contributed by atoms with Crippen LogP contribution in [0.3, 0.4) is 0 Å². The molecular weight excluding hydrogens is 377 g/mol. The van der Waals surface area contributed by atoms with E-state index in [1.165, 1.54) is 0 Å². The first-order valence-electron chi connectivity index (χ1n) is 6.18. The van der Waals surface area contributed by atoms with Crippen molar-refractivity contribution in [3.8, 4) is 0 Å². The van der Waals surface area contributed by atoms with Crippen LogP contribution in [0.2, 0.25) is 10.0 Å². The molecule has 0 saturated heterocycles. The van der Waals surface area contributed by atoms with E-state index < -0.39 is 0 Å². The summed E-state index contributed by atoms with van der Waals surface area (Å²) >= 11 is 15.4. The van der Waals surface area contributed by atoms with E-state index in [2.05, 4.69) is 31.5 Å². The summed E-state index contributed by atoms with van der Waals surface area (Å²) < 4.78 is 0.666. The maximum absolute atomic E-state index is 12.2. The molecule has 0 aliphatic heterocycles. The minimum Gasteiger partial charge on any atom is -0.370 e. The average Bonchev–Trinajstić information content (AvgIpc) is 2.48. The molecule has 21 heavy (non-hydrogen) atoms. The van der Waals surface area contributed by atoms with E-state index in [0.29, 0.717) is 26.7 Å². The number of aromatic nitrogens is 1. The van der Waals surface area contributed by atoms with Gasteiger partial charge in [-0.25, -0.2) is 4.98 Å². The van der Waals surface area contributed by atoms with Crippen LogP contribution in [-0.4, -0.2) is 17.4 Å². The largest absolute Gasteiger partial charge is 0.370 e. The molecule has 0 unspecified atom stereocenters. The summed E-state index contributed by atoms with van der Waals surface area (Å²) in [5.74, 6) is 0.292. The predicted molar refractivity (Wildman–Crippen MR) is 90.5 cm³/mol. The highest BCUT2D eigenvalue weighted by atomic mass is 79.9. The Bertz CT molecular complexity index is 679. The molecule has 2 rings (SSSR count). The second-order valence-electron chi connectivity index (χ2n) is 4.12. The van der Waals surface area contributed by atoms with Gasteiger partial charge in [-0.2, -0.15) is 0 Å². The van der Waals surface area contributed by atoms with Crippen LogP contribution in [0.25, 0.3) is 0 Å². The highest BCUT2D eigenvalue weighted by Crippen LogP contribution is 2.35. The van der Waals surface area contributed by atoms with Gasteiger partial charge in [-0.3, -0.25) is 4.79 Å². The van der Waals surface area contributed by atoms with Crippen molar-refractivity contribution in [3.63, 3.8) is 0 Å². The van der Waals surface area contributed by atoms with Gasteiger partial charge in [0.1, 0.15) is 11.5 Å². The summed E-state index contributed by atoms with van der Waals surface area (Å²) in [7, 11) is 0. The molecule has 110 valence electrons. The van der Waals surface area contributed by atoms with Gasteiger partial charge in [-0.15, -0.1) is 0 Å². The third-order valence-corrected chi connectivity index (χ3v) is 4.39. The number of carbonyl (C=O) groups excluding carboxylic acids is 1. The summed E-state index contributed by atoms with van der Waals surface area (Å²) in [4.78, 5) is 16.4. The summed E-state index contributed by atoms with van der Waals surface area (Å²) in [6, 6.07) is 8.57. The molecule has 0 aliphatic carbocycles. The van der Waals surface area contributed by atoms with Gasteiger partial charge in [0.2, 0.25) is 0 Å². The van der Waals surface area contributed by atoms with E-state index in [-0.39, 0.29) is 10.9 Å². The van der Waals surface area contributed by atoms with E-state index >= 15 is 0 Å². The number of pyridine rings is 1. The first-order chi connectivity index (χ1) is 10.0. The fraction of sp³-hybridized carbons (Fsp3) is 0.143. The Morgan fingerprint density at radius 1 is 1.24 bits per heavy atom. The van der Waals surface area contributed by atoms with Crippen molar-refractivity contribution in [1.82, 2.24) is 4.98 Å². The van der Waals surface area contributed by atoms with Crippen molar-refractivity contribution in [2.75, 3.05) is 17.2 Å². The molecule has 4 nitrogen and oxygen atoms in total. The van der Waals surface area contributed by atoms with E-state index in [0.717, 1.165) is 6.54 Å². The van der Waals surface area contributed by atoms with Crippen molar-refractivity contribution in [2.24, 2.45) is 0 Å². The summed E-state index contributed by atoms with van der Waals surface area (Å²) in [5.41, 5.74) is 0.731. The van der Waals surface area contributed by atoms with Crippen molar-refractivity contribution in [2.45, 2.75) is 6.92 Å². The Balaban J connectivity index is 2.22. The van der Waals surface area contributed by atoms with Crippen molar-refractivity contribution < 1.29 is 4.79 Å². The fourth-order valence-corrected chi connectivity index (χ4v) is 2.47. The molecule has 0 spiro atoms. The van der Waals surface area contributed by atoms with Gasteiger partial charge in [0.15, 0.2) is 0 Å². The first-order valence-corrected chi connectivity index (χ1v) is 7.73. The molecule has 1 heterocycles. The predicted octanol–water partition coefficient (Wildman–Crippen LogP) is 4.84. The number of hydrogen-bond donors (Lipinski definition) is 2. The molecule has 0 fully saturated rings. The molecule has 0 radical (unpaired) electrons. The van der Waals surface area contributed by atoms with Crippen LogP contribution < -0.4 is 10.6 Å². The maximum Gasteiger partial charge on any atom is 0.274 e. The first kappa shape index (κ1) is 16.1. The number of carbonyl (C=O) groups is 1. The molecule has 0 atom stereocenters. The molecule has 1 aromatic heterocycles. The van der Waals surface area contributed by atoms with E-state index in [1.54, 1.807) is 30.3 Å². The van der Waals surface area contributed by atoms with E-state index in [9.17, 15) is 4.79 Å². The molecule has 0 saturated carbocycles. The van der Waals surface area contributed by atoms with E-state index in [1.807, 2.05) is 6.92 Å². The Morgan fingerprint density at radius 2 is 2.00 bits per heavy atom. The topological polar surface area (TPSA) is 54.0 Å². The summed E-state index contributed by atoms with van der Waals surface area (Å²) in [5, 5.41) is 6.38. The van der Waals surface area contributed by atoms with E-state index in [4.69, 9.17) is 23.2 Å². The van der Waals surface area contributed by atoms with Gasteiger partial charge >= 0.3 is 0 Å². The number of nitrogens with one attached hydrogen (secondary N) is 2. The molecule has 0 bridgehead atoms. The Morgan fingerprint density at radius 3 is 2.71 bits per heavy atom. The molecule has 7 heteroatoms. The summed E-state index contributed by atoms with van der Waals surface area (Å²) in [6.07, 6.45) is 0. The Hall–Kier alpha value is -1.30. The maximum atomic E-state index is 12.2. The van der Waals surface area contributed by atoms with Crippen LogP contribution in [-0.2, 0) is 0 Å². The zero-order valence-corrected chi connectivity index (χ0v) is 14.2. The van der Waals surface area contributed by atoms with Crippen molar-refractivity contribution in [1.29, 1.82) is 0 Å². The third kappa shape index (κ3) is 3.87. The smallest absolute Gasteiger partial charge is 0.274 e. The lowest BCUT2D eigenvalue weighted by molar-refractivity contribution is 0.102. The van der Waals surface area contributed by atoms with Crippen molar-refractivity contribution >= 4 is 56.5 Å². The van der Waals surface area contributed by atoms with Gasteiger partial charge in [0.05, 0.1) is 15.7 Å². The quantitative estimate of drug-likeness (QED) is 0.737. The molecule has 2 aromatic rings. The monoisotopic (exact) mass is 387 g/mol. The van der Waals surface area contributed by atoms with Crippen LogP contribution >= 0.6 is 39.1 Å². The van der Waals surface area contributed by atoms with Gasteiger partial charge in [-0.05, 0) is 47.1 Å². The van der Waals surface area contributed by atoms with Crippen LogP contribution in [0.1, 0.15) is 17.4 Å². The fourth-order valence-electron chi connectivity index (χ4n) is 1.65. The number of amides is 1. The number of hydrogen-bond acceptors (Lipinski definition) is 3. The van der Waals surface area contributed by atoms with Crippen LogP contribution in [0.4, 0.5) is 11.5 Å². The summed E-state index contributed by atoms with van der Waals surface area (Å²) in [6.45, 7) is 2.68. The Labute approximate surface area is 141 Å². The number of benzene rings is 1. The SMILES string of the molecule is CCNc1cccc(C(=O)Nc2ccc(Br)c(Cl)c2Cl)n1. The lowest BCUT2D eigenvalue weighted by Crippen LogP contribution is -2.15. The van der Waals surface area contributed by atoms with Gasteiger partial charge < -0.3 is 10.6 Å². The number of nitrogens with zero attached hydrogens (tertiary/aromatic N) is 1. The average molecular weight is 389 g/mol. The normalized spacial score (nSPS) is 10.3. The van der Waals surface area contributed by atoms with Crippen molar-refractivity contribution in [3.05, 3.63) is 50.5 Å². The molecule has 0 aliphatic rings. The second kappa shape index (κ2) is 7.11. The minimum atomic E-state index is -0.352. The molecular formula is C14H12BrCl2N3O. The zero-order chi connectivity index (χ0) is 15.4. The molecule has 1 aromatic carbocycles. The second-order valence-corrected chi connectivity index (χ2v) is 5.73. The van der Waals surface area contributed by atoms with Gasteiger partial charge in [0.25, 0.3) is 5.91 Å². The van der Waals surface area contributed by atoms with Gasteiger partial charge in [-0.1, -0.05) is 29.3 Å².